The fourth-order valence-corrected chi connectivity index (χ4v) is 3.65. The van der Waals surface area contributed by atoms with Crippen LogP contribution in [0.3, 0.4) is 0 Å². The number of fused-ring (bicyclic) bond motifs is 1. The smallest absolute Gasteiger partial charge is 0.333 e. The summed E-state index contributed by atoms with van der Waals surface area (Å²) in [6.45, 7) is 0.519. The van der Waals surface area contributed by atoms with Gasteiger partial charge in [0.2, 0.25) is 5.91 Å². The van der Waals surface area contributed by atoms with Gasteiger partial charge in [0.25, 0.3) is 0 Å². The van der Waals surface area contributed by atoms with Gasteiger partial charge in [0.1, 0.15) is 0 Å². The summed E-state index contributed by atoms with van der Waals surface area (Å²) in [5.74, 6) is -0.577. The van der Waals surface area contributed by atoms with E-state index in [2.05, 4.69) is 0 Å². The van der Waals surface area contributed by atoms with Crippen molar-refractivity contribution in [1.82, 2.24) is 4.90 Å². The summed E-state index contributed by atoms with van der Waals surface area (Å²) in [6, 6.07) is 10.9. The molecule has 0 saturated heterocycles. The lowest BCUT2D eigenvalue weighted by molar-refractivity contribution is -0.152. The molecule has 0 bridgehead atoms. The quantitative estimate of drug-likeness (QED) is 0.643. The van der Waals surface area contributed by atoms with E-state index in [9.17, 15) is 9.59 Å². The Hall–Kier alpha value is -2.40. The van der Waals surface area contributed by atoms with Crippen molar-refractivity contribution in [3.63, 3.8) is 0 Å². The third kappa shape index (κ3) is 3.19. The van der Waals surface area contributed by atoms with Crippen LogP contribution in [0, 0.1) is 0 Å². The van der Waals surface area contributed by atoms with Crippen molar-refractivity contribution in [2.24, 2.45) is 0 Å². The molecule has 1 atom stereocenters. The van der Waals surface area contributed by atoms with Crippen LogP contribution in [0.5, 0.6) is 0 Å². The van der Waals surface area contributed by atoms with E-state index in [4.69, 9.17) is 4.74 Å². The first-order valence-electron chi connectivity index (χ1n) is 7.38. The van der Waals surface area contributed by atoms with Crippen molar-refractivity contribution in [2.75, 3.05) is 13.7 Å². The van der Waals surface area contributed by atoms with Crippen LogP contribution in [0.15, 0.2) is 47.9 Å². The summed E-state index contributed by atoms with van der Waals surface area (Å²) in [4.78, 5) is 27.5. The molecule has 1 amide bonds. The van der Waals surface area contributed by atoms with Gasteiger partial charge in [-0.1, -0.05) is 30.3 Å². The molecule has 1 aliphatic heterocycles. The Morgan fingerprint density at radius 1 is 1.26 bits per heavy atom. The number of esters is 1. The molecule has 4 nitrogen and oxygen atoms in total. The number of rotatable bonds is 3. The van der Waals surface area contributed by atoms with E-state index in [0.717, 1.165) is 22.4 Å². The lowest BCUT2D eigenvalue weighted by atomic mass is 9.99. The van der Waals surface area contributed by atoms with Crippen LogP contribution in [-0.2, 0) is 20.7 Å². The second kappa shape index (κ2) is 6.79. The van der Waals surface area contributed by atoms with Gasteiger partial charge in [0.05, 0.1) is 7.11 Å². The number of carbonyl (C=O) groups excluding carboxylic acids is 2. The number of ether oxygens (including phenoxy) is 1. The Morgan fingerprint density at radius 2 is 2.04 bits per heavy atom. The number of carbonyl (C=O) groups is 2. The second-order valence-corrected chi connectivity index (χ2v) is 6.25. The number of amides is 1. The molecule has 0 fully saturated rings. The number of benzene rings is 1. The van der Waals surface area contributed by atoms with Gasteiger partial charge in [-0.25, -0.2) is 4.79 Å². The lowest BCUT2D eigenvalue weighted by Crippen LogP contribution is -2.42. The standard InChI is InChI=1S/C18H17NO3S/c1-22-18(21)17-14-10-12-23-15(14)9-11-19(17)16(20)8-7-13-5-3-2-4-6-13/h2-8,10,12,17H,9,11H2,1H3/b8-7+. The molecule has 0 aliphatic carbocycles. The van der Waals surface area contributed by atoms with Crippen LogP contribution in [0.1, 0.15) is 22.0 Å². The highest BCUT2D eigenvalue weighted by atomic mass is 32.1. The Morgan fingerprint density at radius 3 is 2.78 bits per heavy atom. The van der Waals surface area contributed by atoms with E-state index >= 15 is 0 Å². The van der Waals surface area contributed by atoms with E-state index in [1.165, 1.54) is 13.2 Å². The zero-order valence-electron chi connectivity index (χ0n) is 12.8. The fraction of sp³-hybridized carbons (Fsp3) is 0.222. The van der Waals surface area contributed by atoms with Crippen molar-refractivity contribution >= 4 is 29.3 Å². The van der Waals surface area contributed by atoms with E-state index in [1.807, 2.05) is 41.8 Å². The van der Waals surface area contributed by atoms with Gasteiger partial charge < -0.3 is 9.64 Å². The molecule has 1 aromatic heterocycles. The van der Waals surface area contributed by atoms with E-state index in [-0.39, 0.29) is 5.91 Å². The maximum atomic E-state index is 12.6. The average Bonchev–Trinajstić information content (AvgIpc) is 3.07. The molecule has 1 unspecified atom stereocenters. The minimum atomic E-state index is -0.650. The van der Waals surface area contributed by atoms with Crippen molar-refractivity contribution in [1.29, 1.82) is 0 Å². The zero-order chi connectivity index (χ0) is 16.2. The van der Waals surface area contributed by atoms with Crippen LogP contribution >= 0.6 is 11.3 Å². The molecular weight excluding hydrogens is 310 g/mol. The van der Waals surface area contributed by atoms with Gasteiger partial charge in [0, 0.05) is 17.5 Å². The molecule has 0 spiro atoms. The van der Waals surface area contributed by atoms with Gasteiger partial charge in [-0.3, -0.25) is 4.79 Å². The van der Waals surface area contributed by atoms with Gasteiger partial charge >= 0.3 is 5.97 Å². The van der Waals surface area contributed by atoms with Gasteiger partial charge in [-0.15, -0.1) is 11.3 Å². The second-order valence-electron chi connectivity index (χ2n) is 5.25. The number of hydrogen-bond acceptors (Lipinski definition) is 4. The van der Waals surface area contributed by atoms with Crippen LogP contribution in [-0.4, -0.2) is 30.4 Å². The Labute approximate surface area is 139 Å². The van der Waals surface area contributed by atoms with E-state index in [0.29, 0.717) is 6.54 Å². The van der Waals surface area contributed by atoms with Crippen LogP contribution in [0.25, 0.3) is 6.08 Å². The van der Waals surface area contributed by atoms with Gasteiger partial charge in [0.15, 0.2) is 6.04 Å². The molecular formula is C18H17NO3S. The first kappa shape index (κ1) is 15.5. The third-order valence-corrected chi connectivity index (χ3v) is 4.89. The highest BCUT2D eigenvalue weighted by molar-refractivity contribution is 7.10. The molecule has 2 heterocycles. The normalized spacial score (nSPS) is 17.1. The van der Waals surface area contributed by atoms with Crippen LogP contribution in [0.4, 0.5) is 0 Å². The lowest BCUT2D eigenvalue weighted by Gasteiger charge is -2.33. The summed E-state index contributed by atoms with van der Waals surface area (Å²) in [6.07, 6.45) is 4.05. The SMILES string of the molecule is COC(=O)C1c2ccsc2CCN1C(=O)/C=C/c1ccccc1. The first-order chi connectivity index (χ1) is 11.2. The summed E-state index contributed by atoms with van der Waals surface area (Å²) < 4.78 is 4.91. The number of thiophene rings is 1. The predicted molar refractivity (Wildman–Crippen MR) is 90.0 cm³/mol. The van der Waals surface area contributed by atoms with Crippen molar-refractivity contribution < 1.29 is 14.3 Å². The van der Waals surface area contributed by atoms with Crippen LogP contribution in [0.2, 0.25) is 0 Å². The molecule has 0 radical (unpaired) electrons. The number of nitrogens with zero attached hydrogens (tertiary/aromatic N) is 1. The highest BCUT2D eigenvalue weighted by Gasteiger charge is 2.36. The maximum Gasteiger partial charge on any atom is 0.333 e. The molecule has 1 aliphatic rings. The van der Waals surface area contributed by atoms with Gasteiger partial charge in [-0.05, 0) is 35.1 Å². The van der Waals surface area contributed by atoms with Crippen molar-refractivity contribution in [2.45, 2.75) is 12.5 Å². The minimum Gasteiger partial charge on any atom is -0.467 e. The molecule has 0 saturated carbocycles. The molecule has 2 aromatic rings. The summed E-state index contributed by atoms with van der Waals surface area (Å²) >= 11 is 1.62. The molecule has 0 N–H and O–H groups in total. The summed E-state index contributed by atoms with van der Waals surface area (Å²) in [7, 11) is 1.35. The molecule has 118 valence electrons. The summed E-state index contributed by atoms with van der Waals surface area (Å²) in [5, 5.41) is 1.95. The minimum absolute atomic E-state index is 0.180. The monoisotopic (exact) mass is 327 g/mol. The zero-order valence-corrected chi connectivity index (χ0v) is 13.6. The Bertz CT molecular complexity index is 736. The van der Waals surface area contributed by atoms with Crippen molar-refractivity contribution in [3.05, 3.63) is 63.9 Å². The van der Waals surface area contributed by atoms with Crippen LogP contribution < -0.4 is 0 Å². The van der Waals surface area contributed by atoms with Gasteiger partial charge in [-0.2, -0.15) is 0 Å². The number of methoxy groups -OCH3 is 1. The van der Waals surface area contributed by atoms with E-state index in [1.54, 1.807) is 22.3 Å². The fourth-order valence-electron chi connectivity index (χ4n) is 2.75. The predicted octanol–water partition coefficient (Wildman–Crippen LogP) is 3.06. The first-order valence-corrected chi connectivity index (χ1v) is 8.26. The van der Waals surface area contributed by atoms with Crippen molar-refractivity contribution in [3.8, 4) is 0 Å². The Balaban J connectivity index is 1.84. The third-order valence-electron chi connectivity index (χ3n) is 3.89. The summed E-state index contributed by atoms with van der Waals surface area (Å²) in [5.41, 5.74) is 1.83. The number of hydrogen-bond donors (Lipinski definition) is 0. The highest BCUT2D eigenvalue weighted by Crippen LogP contribution is 2.34. The molecule has 1 aromatic carbocycles. The molecule has 5 heteroatoms. The topological polar surface area (TPSA) is 46.6 Å². The van der Waals surface area contributed by atoms with E-state index < -0.39 is 12.0 Å². The molecule has 23 heavy (non-hydrogen) atoms. The Kier molecular flexibility index (Phi) is 4.57. The average molecular weight is 327 g/mol. The maximum absolute atomic E-state index is 12.6. The largest absolute Gasteiger partial charge is 0.467 e. The molecule has 3 rings (SSSR count).